The first-order valence-corrected chi connectivity index (χ1v) is 8.74. The first-order chi connectivity index (χ1) is 11.9. The number of nitrogens with zero attached hydrogens (tertiary/aromatic N) is 3. The van der Waals surface area contributed by atoms with Crippen LogP contribution >= 0.6 is 0 Å². The van der Waals surface area contributed by atoms with E-state index in [4.69, 9.17) is 14.6 Å². The van der Waals surface area contributed by atoms with Crippen molar-refractivity contribution in [3.05, 3.63) is 35.0 Å². The molecule has 0 aliphatic carbocycles. The fourth-order valence-corrected chi connectivity index (χ4v) is 3.33. The van der Waals surface area contributed by atoms with E-state index in [1.165, 1.54) is 11.1 Å². The summed E-state index contributed by atoms with van der Waals surface area (Å²) in [5.41, 5.74) is 3.59. The lowest BCUT2D eigenvalue weighted by atomic mass is 10.0. The molecule has 136 valence electrons. The van der Waals surface area contributed by atoms with Crippen molar-refractivity contribution in [1.82, 2.24) is 15.1 Å². The number of hydrogen-bond donors (Lipinski definition) is 1. The second-order valence-electron chi connectivity index (χ2n) is 7.08. The molecule has 1 aliphatic heterocycles. The summed E-state index contributed by atoms with van der Waals surface area (Å²) < 4.78 is 12.8. The van der Waals surface area contributed by atoms with Crippen LogP contribution in [0.1, 0.15) is 49.6 Å². The summed E-state index contributed by atoms with van der Waals surface area (Å²) >= 11 is 0. The monoisotopic (exact) mass is 344 g/mol. The Morgan fingerprint density at radius 2 is 1.92 bits per heavy atom. The average Bonchev–Trinajstić information content (AvgIpc) is 3.15. The molecule has 0 radical (unpaired) electrons. The summed E-state index contributed by atoms with van der Waals surface area (Å²) in [5, 5.41) is 8.36. The van der Waals surface area contributed by atoms with E-state index in [0.29, 0.717) is 12.7 Å². The number of aryl methyl sites for hydroxylation is 1. The zero-order chi connectivity index (χ0) is 18.1. The van der Waals surface area contributed by atoms with E-state index in [1.54, 1.807) is 0 Å². The van der Waals surface area contributed by atoms with E-state index in [0.717, 1.165) is 29.6 Å². The molecule has 0 amide bonds. The molecule has 1 N–H and O–H groups in total. The highest BCUT2D eigenvalue weighted by molar-refractivity contribution is 5.50. The van der Waals surface area contributed by atoms with E-state index in [-0.39, 0.29) is 6.04 Å². The summed E-state index contributed by atoms with van der Waals surface area (Å²) in [7, 11) is 6.13. The summed E-state index contributed by atoms with van der Waals surface area (Å²) in [6.45, 7) is 7.61. The third-order valence-electron chi connectivity index (χ3n) is 4.60. The highest BCUT2D eigenvalue weighted by Crippen LogP contribution is 2.34. The molecular formula is C19H28N4O2. The first-order valence-electron chi connectivity index (χ1n) is 8.74. The maximum Gasteiger partial charge on any atom is 0.231 e. The summed E-state index contributed by atoms with van der Waals surface area (Å²) in [6, 6.07) is 6.32. The predicted octanol–water partition coefficient (Wildman–Crippen LogP) is 3.19. The van der Waals surface area contributed by atoms with Crippen LogP contribution in [-0.4, -0.2) is 30.7 Å². The Balaban J connectivity index is 1.79. The number of ether oxygens (including phenoxy) is 2. The van der Waals surface area contributed by atoms with Crippen LogP contribution in [-0.2, 0) is 13.6 Å². The smallest absolute Gasteiger partial charge is 0.231 e. The van der Waals surface area contributed by atoms with Crippen molar-refractivity contribution in [2.24, 2.45) is 7.05 Å². The van der Waals surface area contributed by atoms with Crippen molar-refractivity contribution in [2.75, 3.05) is 25.8 Å². The third kappa shape index (κ3) is 3.44. The van der Waals surface area contributed by atoms with Gasteiger partial charge in [-0.25, -0.2) is 0 Å². The maximum absolute atomic E-state index is 5.49. The molecule has 1 aromatic carbocycles. The van der Waals surface area contributed by atoms with Gasteiger partial charge in [-0.05, 0) is 30.5 Å². The van der Waals surface area contributed by atoms with Gasteiger partial charge in [0.2, 0.25) is 6.79 Å². The van der Waals surface area contributed by atoms with E-state index in [2.05, 4.69) is 57.2 Å². The molecule has 0 bridgehead atoms. The fourth-order valence-electron chi connectivity index (χ4n) is 3.33. The van der Waals surface area contributed by atoms with Gasteiger partial charge in [0.15, 0.2) is 11.5 Å². The molecule has 0 fully saturated rings. The van der Waals surface area contributed by atoms with E-state index >= 15 is 0 Å². The predicted molar refractivity (Wildman–Crippen MR) is 99.4 cm³/mol. The van der Waals surface area contributed by atoms with E-state index in [1.807, 2.05) is 17.8 Å². The van der Waals surface area contributed by atoms with Crippen molar-refractivity contribution in [2.45, 2.75) is 39.3 Å². The van der Waals surface area contributed by atoms with Crippen molar-refractivity contribution >= 4 is 5.82 Å². The Kier molecular flexibility index (Phi) is 4.90. The van der Waals surface area contributed by atoms with Gasteiger partial charge >= 0.3 is 0 Å². The maximum atomic E-state index is 5.49. The fraction of sp³-hybridized carbons (Fsp3) is 0.526. The van der Waals surface area contributed by atoms with Crippen molar-refractivity contribution in [1.29, 1.82) is 0 Å². The number of aromatic nitrogens is 2. The Morgan fingerprint density at radius 1 is 1.20 bits per heavy atom. The number of nitrogens with one attached hydrogen (secondary N) is 1. The summed E-state index contributed by atoms with van der Waals surface area (Å²) in [4.78, 5) is 2.13. The standard InChI is InChI=1S/C19H28N4O2/c1-12(2)18-15(19(22(4)5)23(6)21-18)10-20-13(3)14-7-8-16-17(9-14)25-11-24-16/h7-9,12-13,20H,10-11H2,1-6H3/t13-/m1/s1. The van der Waals surface area contributed by atoms with E-state index < -0.39 is 0 Å². The first kappa shape index (κ1) is 17.6. The molecule has 1 atom stereocenters. The quantitative estimate of drug-likeness (QED) is 0.872. The van der Waals surface area contributed by atoms with Crippen molar-refractivity contribution < 1.29 is 9.47 Å². The number of fused-ring (bicyclic) bond motifs is 1. The van der Waals surface area contributed by atoms with Crippen LogP contribution in [0.3, 0.4) is 0 Å². The minimum atomic E-state index is 0.199. The van der Waals surface area contributed by atoms with E-state index in [9.17, 15) is 0 Å². The van der Waals surface area contributed by atoms with Gasteiger partial charge in [0.05, 0.1) is 5.69 Å². The summed E-state index contributed by atoms with van der Waals surface area (Å²) in [6.07, 6.45) is 0. The van der Waals surface area contributed by atoms with Crippen LogP contribution in [0.15, 0.2) is 18.2 Å². The second kappa shape index (κ2) is 6.96. The number of hydrogen-bond acceptors (Lipinski definition) is 5. The largest absolute Gasteiger partial charge is 0.454 e. The van der Waals surface area contributed by atoms with Crippen molar-refractivity contribution in [3.63, 3.8) is 0 Å². The van der Waals surface area contributed by atoms with Crippen LogP contribution in [0, 0.1) is 0 Å². The minimum Gasteiger partial charge on any atom is -0.454 e. The van der Waals surface area contributed by atoms with Gasteiger partial charge in [0.1, 0.15) is 5.82 Å². The molecule has 2 heterocycles. The molecule has 3 rings (SSSR count). The van der Waals surface area contributed by atoms with Gasteiger partial charge in [0, 0.05) is 39.3 Å². The zero-order valence-electron chi connectivity index (χ0n) is 16.0. The molecule has 0 saturated carbocycles. The van der Waals surface area contributed by atoms with Crippen molar-refractivity contribution in [3.8, 4) is 11.5 Å². The SMILES string of the molecule is CC(C)c1nn(C)c(N(C)C)c1CN[C@H](C)c1ccc2c(c1)OCO2. The van der Waals surface area contributed by atoms with Gasteiger partial charge in [-0.1, -0.05) is 19.9 Å². The molecule has 0 spiro atoms. The molecular weight excluding hydrogens is 316 g/mol. The van der Waals surface area contributed by atoms with Crippen LogP contribution in [0.25, 0.3) is 0 Å². The summed E-state index contributed by atoms with van der Waals surface area (Å²) in [5.74, 6) is 3.18. The Hall–Kier alpha value is -2.21. The zero-order valence-corrected chi connectivity index (χ0v) is 16.0. The number of anilines is 1. The lowest BCUT2D eigenvalue weighted by molar-refractivity contribution is 0.174. The Morgan fingerprint density at radius 3 is 2.60 bits per heavy atom. The van der Waals surface area contributed by atoms with Gasteiger partial charge in [-0.3, -0.25) is 4.68 Å². The van der Waals surface area contributed by atoms with Gasteiger partial charge < -0.3 is 19.7 Å². The second-order valence-corrected chi connectivity index (χ2v) is 7.08. The molecule has 6 nitrogen and oxygen atoms in total. The third-order valence-corrected chi connectivity index (χ3v) is 4.60. The van der Waals surface area contributed by atoms with Gasteiger partial charge in [0.25, 0.3) is 0 Å². The van der Waals surface area contributed by atoms with Gasteiger partial charge in [-0.15, -0.1) is 0 Å². The van der Waals surface area contributed by atoms with Crippen LogP contribution < -0.4 is 19.7 Å². The normalized spacial score (nSPS) is 14.2. The number of benzene rings is 1. The molecule has 6 heteroatoms. The Bertz CT molecular complexity index is 752. The molecule has 25 heavy (non-hydrogen) atoms. The Labute approximate surface area is 149 Å². The molecule has 0 saturated heterocycles. The molecule has 1 aromatic heterocycles. The van der Waals surface area contributed by atoms with Crippen LogP contribution in [0.4, 0.5) is 5.82 Å². The van der Waals surface area contributed by atoms with Gasteiger partial charge in [-0.2, -0.15) is 5.10 Å². The van der Waals surface area contributed by atoms with Crippen LogP contribution in [0.5, 0.6) is 11.5 Å². The molecule has 2 aromatic rings. The lowest BCUT2D eigenvalue weighted by Crippen LogP contribution is -2.21. The highest BCUT2D eigenvalue weighted by atomic mass is 16.7. The topological polar surface area (TPSA) is 51.6 Å². The molecule has 0 unspecified atom stereocenters. The minimum absolute atomic E-state index is 0.199. The average molecular weight is 344 g/mol. The highest BCUT2D eigenvalue weighted by Gasteiger charge is 2.21. The van der Waals surface area contributed by atoms with Crippen LogP contribution in [0.2, 0.25) is 0 Å². The molecule has 1 aliphatic rings. The number of rotatable bonds is 6. The lowest BCUT2D eigenvalue weighted by Gasteiger charge is -2.19.